The predicted molar refractivity (Wildman–Crippen MR) is 148 cm³/mol. The van der Waals surface area contributed by atoms with E-state index in [9.17, 15) is 9.59 Å². The molecule has 0 saturated carbocycles. The number of benzene rings is 2. The zero-order chi connectivity index (χ0) is 27.4. The number of esters is 1. The van der Waals surface area contributed by atoms with Crippen LogP contribution in [-0.4, -0.2) is 54.2 Å². The Morgan fingerprint density at radius 1 is 1.00 bits per heavy atom. The van der Waals surface area contributed by atoms with Gasteiger partial charge in [0.2, 0.25) is 0 Å². The van der Waals surface area contributed by atoms with Crippen LogP contribution in [0.15, 0.2) is 66.7 Å². The van der Waals surface area contributed by atoms with Crippen molar-refractivity contribution in [1.82, 2.24) is 14.9 Å². The summed E-state index contributed by atoms with van der Waals surface area (Å²) in [5.41, 5.74) is 5.24. The van der Waals surface area contributed by atoms with Gasteiger partial charge in [-0.1, -0.05) is 30.3 Å². The van der Waals surface area contributed by atoms with E-state index < -0.39 is 5.97 Å². The highest BCUT2D eigenvalue weighted by molar-refractivity contribution is 5.92. The molecule has 1 saturated heterocycles. The molecule has 5 rings (SSSR count). The molecule has 3 heterocycles. The van der Waals surface area contributed by atoms with E-state index in [4.69, 9.17) is 24.2 Å². The summed E-state index contributed by atoms with van der Waals surface area (Å²) in [5, 5.41) is 0.917. The number of aromatic nitrogens is 2. The minimum Gasteiger partial charge on any atom is -0.496 e. The van der Waals surface area contributed by atoms with Crippen LogP contribution >= 0.6 is 0 Å². The lowest BCUT2D eigenvalue weighted by Crippen LogP contribution is -2.39. The number of carbonyl (C=O) groups excluding carboxylic acids is 2. The van der Waals surface area contributed by atoms with Gasteiger partial charge in [0.25, 0.3) is 0 Å². The van der Waals surface area contributed by atoms with E-state index >= 15 is 0 Å². The molecule has 1 aliphatic rings. The van der Waals surface area contributed by atoms with Crippen molar-refractivity contribution in [2.24, 2.45) is 0 Å². The van der Waals surface area contributed by atoms with E-state index in [0.29, 0.717) is 35.7 Å². The Balaban J connectivity index is 1.37. The number of hydrogen-bond acceptors (Lipinski definition) is 7. The van der Waals surface area contributed by atoms with Gasteiger partial charge in [0.15, 0.2) is 5.65 Å². The molecule has 0 bridgehead atoms. The predicted octanol–water partition coefficient (Wildman–Crippen LogP) is 5.92. The Bertz CT molecular complexity index is 1510. The van der Waals surface area contributed by atoms with Crippen LogP contribution in [0.2, 0.25) is 0 Å². The molecule has 1 aliphatic heterocycles. The zero-order valence-corrected chi connectivity index (χ0v) is 22.3. The topological polar surface area (TPSA) is 90.9 Å². The van der Waals surface area contributed by atoms with Gasteiger partial charge in [-0.15, -0.1) is 0 Å². The van der Waals surface area contributed by atoms with Crippen LogP contribution in [0.25, 0.3) is 22.3 Å². The van der Waals surface area contributed by atoms with Gasteiger partial charge in [-0.2, -0.15) is 0 Å². The molecule has 8 heteroatoms. The maximum absolute atomic E-state index is 12.8. The Kier molecular flexibility index (Phi) is 7.72. The molecule has 1 amide bonds. The van der Waals surface area contributed by atoms with Gasteiger partial charge in [0, 0.05) is 35.7 Å². The maximum Gasteiger partial charge on any atom is 0.410 e. The third-order valence-electron chi connectivity index (χ3n) is 7.07. The van der Waals surface area contributed by atoms with E-state index in [1.807, 2.05) is 61.5 Å². The fourth-order valence-corrected chi connectivity index (χ4v) is 5.05. The van der Waals surface area contributed by atoms with Crippen molar-refractivity contribution < 1.29 is 23.8 Å². The van der Waals surface area contributed by atoms with E-state index in [0.717, 1.165) is 40.6 Å². The number of hydrogen-bond donors (Lipinski definition) is 0. The first-order valence-electron chi connectivity index (χ1n) is 13.0. The molecule has 2 aromatic carbocycles. The molecule has 1 fully saturated rings. The number of likely N-dealkylation sites (tertiary alicyclic amines) is 1. The Labute approximate surface area is 227 Å². The van der Waals surface area contributed by atoms with Crippen LogP contribution in [0.3, 0.4) is 0 Å². The van der Waals surface area contributed by atoms with Crippen LogP contribution in [0.1, 0.15) is 45.9 Å². The van der Waals surface area contributed by atoms with E-state index in [2.05, 4.69) is 0 Å². The first kappa shape index (κ1) is 26.2. The Hall–Kier alpha value is -4.46. The van der Waals surface area contributed by atoms with E-state index in [1.54, 1.807) is 24.1 Å². The largest absolute Gasteiger partial charge is 0.496 e. The molecular formula is C31H31N3O5. The molecule has 0 radical (unpaired) electrons. The second-order valence-electron chi connectivity index (χ2n) is 9.67. The fourth-order valence-electron chi connectivity index (χ4n) is 5.05. The van der Waals surface area contributed by atoms with Crippen LogP contribution in [0.4, 0.5) is 4.79 Å². The van der Waals surface area contributed by atoms with Crippen LogP contribution in [0, 0.1) is 6.92 Å². The van der Waals surface area contributed by atoms with Gasteiger partial charge < -0.3 is 19.1 Å². The van der Waals surface area contributed by atoms with Crippen LogP contribution in [0.5, 0.6) is 5.75 Å². The standard InChI is InChI=1S/C31H31N3O5/c1-20-16-24(30(35)38-3)17-27(37-2)28(20)26-14-12-22-11-13-25(32-29(22)33-26)23-10-7-15-34(18-23)31(36)39-19-21-8-5-4-6-9-21/h4-6,8-9,11-14,16-17,23H,7,10,15,18-19H2,1-3H3. The lowest BCUT2D eigenvalue weighted by molar-refractivity contribution is 0.0600. The number of nitrogens with zero attached hydrogens (tertiary/aromatic N) is 3. The van der Waals surface area contributed by atoms with Gasteiger partial charge >= 0.3 is 12.1 Å². The Morgan fingerprint density at radius 2 is 1.79 bits per heavy atom. The first-order chi connectivity index (χ1) is 19.0. The van der Waals surface area contributed by atoms with Crippen molar-refractivity contribution in [2.45, 2.75) is 32.3 Å². The molecule has 39 heavy (non-hydrogen) atoms. The molecular weight excluding hydrogens is 494 g/mol. The molecule has 4 aromatic rings. The molecule has 1 atom stereocenters. The molecule has 2 aromatic heterocycles. The molecule has 1 unspecified atom stereocenters. The molecule has 0 aliphatic carbocycles. The molecule has 0 spiro atoms. The van der Waals surface area contributed by atoms with Crippen LogP contribution < -0.4 is 4.74 Å². The molecule has 200 valence electrons. The highest BCUT2D eigenvalue weighted by atomic mass is 16.6. The normalized spacial score (nSPS) is 15.2. The average molecular weight is 526 g/mol. The fraction of sp³-hybridized carbons (Fsp3) is 0.290. The minimum absolute atomic E-state index is 0.0912. The van der Waals surface area contributed by atoms with Crippen molar-refractivity contribution in [1.29, 1.82) is 0 Å². The van der Waals surface area contributed by atoms with Crippen LogP contribution in [-0.2, 0) is 16.1 Å². The SMILES string of the molecule is COC(=O)c1cc(C)c(-c2ccc3ccc(C4CCCN(C(=O)OCc5ccccc5)C4)nc3n2)c(OC)c1. The number of ether oxygens (including phenoxy) is 3. The molecule has 0 N–H and O–H groups in total. The van der Waals surface area contributed by atoms with Crippen molar-refractivity contribution in [3.05, 3.63) is 89.1 Å². The third kappa shape index (κ3) is 5.70. The Morgan fingerprint density at radius 3 is 2.56 bits per heavy atom. The summed E-state index contributed by atoms with van der Waals surface area (Å²) in [6.45, 7) is 3.38. The zero-order valence-electron chi connectivity index (χ0n) is 22.3. The number of aryl methyl sites for hydroxylation is 1. The maximum atomic E-state index is 12.8. The second-order valence-corrected chi connectivity index (χ2v) is 9.67. The average Bonchev–Trinajstić information content (AvgIpc) is 2.99. The third-order valence-corrected chi connectivity index (χ3v) is 7.07. The summed E-state index contributed by atoms with van der Waals surface area (Å²) in [4.78, 5) is 36.4. The number of methoxy groups -OCH3 is 2. The smallest absolute Gasteiger partial charge is 0.410 e. The van der Waals surface area contributed by atoms with Crippen molar-refractivity contribution >= 4 is 23.1 Å². The summed E-state index contributed by atoms with van der Waals surface area (Å²) < 4.78 is 16.0. The van der Waals surface area contributed by atoms with Crippen molar-refractivity contribution in [3.8, 4) is 17.0 Å². The monoisotopic (exact) mass is 525 g/mol. The molecule has 8 nitrogen and oxygen atoms in total. The number of carbonyl (C=O) groups is 2. The van der Waals surface area contributed by atoms with E-state index in [-0.39, 0.29) is 18.6 Å². The number of piperidine rings is 1. The van der Waals surface area contributed by atoms with Gasteiger partial charge in [0.1, 0.15) is 12.4 Å². The second kappa shape index (κ2) is 11.5. The van der Waals surface area contributed by atoms with Gasteiger partial charge in [-0.3, -0.25) is 0 Å². The van der Waals surface area contributed by atoms with Crippen molar-refractivity contribution in [2.75, 3.05) is 27.3 Å². The quantitative estimate of drug-likeness (QED) is 0.289. The minimum atomic E-state index is -0.425. The van der Waals surface area contributed by atoms with E-state index in [1.165, 1.54) is 7.11 Å². The lowest BCUT2D eigenvalue weighted by Gasteiger charge is -2.31. The number of pyridine rings is 2. The number of amides is 1. The highest BCUT2D eigenvalue weighted by Gasteiger charge is 2.27. The van der Waals surface area contributed by atoms with Crippen molar-refractivity contribution in [3.63, 3.8) is 0 Å². The van der Waals surface area contributed by atoms with Gasteiger partial charge in [0.05, 0.1) is 25.5 Å². The number of fused-ring (bicyclic) bond motifs is 1. The summed E-state index contributed by atoms with van der Waals surface area (Å²) in [7, 11) is 2.92. The lowest BCUT2D eigenvalue weighted by atomic mass is 9.94. The summed E-state index contributed by atoms with van der Waals surface area (Å²) in [6.07, 6.45) is 1.51. The number of rotatable bonds is 6. The summed E-state index contributed by atoms with van der Waals surface area (Å²) in [5.74, 6) is 0.204. The first-order valence-corrected chi connectivity index (χ1v) is 13.0. The summed E-state index contributed by atoms with van der Waals surface area (Å²) >= 11 is 0. The van der Waals surface area contributed by atoms with Gasteiger partial charge in [-0.25, -0.2) is 19.6 Å². The highest BCUT2D eigenvalue weighted by Crippen LogP contribution is 2.35. The van der Waals surface area contributed by atoms with Gasteiger partial charge in [-0.05, 0) is 67.3 Å². The summed E-state index contributed by atoms with van der Waals surface area (Å²) in [6, 6.07) is 21.1.